The van der Waals surface area contributed by atoms with Crippen molar-refractivity contribution in [1.29, 1.82) is 0 Å². The number of carbonyl (C=O) groups excluding carboxylic acids is 1. The Bertz CT molecular complexity index is 803. The van der Waals surface area contributed by atoms with Crippen LogP contribution < -0.4 is 9.80 Å². The van der Waals surface area contributed by atoms with E-state index in [-0.39, 0.29) is 24.5 Å². The molecular weight excluding hydrogens is 386 g/mol. The zero-order chi connectivity index (χ0) is 19.8. The number of halogens is 2. The molecule has 1 N–H and O–H groups in total. The van der Waals surface area contributed by atoms with Gasteiger partial charge in [0.05, 0.1) is 24.6 Å². The minimum absolute atomic E-state index is 0.0300. The average Bonchev–Trinajstić information content (AvgIpc) is 2.94. The second-order valence-electron chi connectivity index (χ2n) is 6.58. The van der Waals surface area contributed by atoms with E-state index in [9.17, 15) is 27.1 Å². The van der Waals surface area contributed by atoms with E-state index in [1.54, 1.807) is 0 Å². The predicted octanol–water partition coefficient (Wildman–Crippen LogP) is 1.23. The highest BCUT2D eigenvalue weighted by Gasteiger charge is 2.34. The van der Waals surface area contributed by atoms with Gasteiger partial charge in [-0.15, -0.1) is 0 Å². The first-order valence-corrected chi connectivity index (χ1v) is 10.2. The van der Waals surface area contributed by atoms with Gasteiger partial charge in [0.15, 0.2) is 11.6 Å². The lowest BCUT2D eigenvalue weighted by atomic mass is 10.1. The zero-order valence-corrected chi connectivity index (χ0v) is 15.4. The van der Waals surface area contributed by atoms with E-state index in [0.29, 0.717) is 25.9 Å². The molecule has 2 fully saturated rings. The van der Waals surface area contributed by atoms with Crippen LogP contribution in [0, 0.1) is 11.6 Å². The third-order valence-electron chi connectivity index (χ3n) is 4.44. The molecule has 0 spiro atoms. The van der Waals surface area contributed by atoms with E-state index >= 15 is 0 Å². The maximum Gasteiger partial charge on any atom is 0.414 e. The van der Waals surface area contributed by atoms with Crippen molar-refractivity contribution in [1.82, 2.24) is 0 Å². The molecule has 8 nitrogen and oxygen atoms in total. The van der Waals surface area contributed by atoms with Gasteiger partial charge in [-0.2, -0.15) is 8.42 Å². The van der Waals surface area contributed by atoms with Crippen LogP contribution in [0.25, 0.3) is 0 Å². The number of anilines is 2. The third kappa shape index (κ3) is 4.66. The Balaban J connectivity index is 1.75. The van der Waals surface area contributed by atoms with E-state index < -0.39 is 40.1 Å². The topological polar surface area (TPSA) is 96.4 Å². The summed E-state index contributed by atoms with van der Waals surface area (Å²) in [6, 6.07) is 2.06. The SMILES string of the molecule is CS(=O)(=O)OCC1CN(c2cc(F)c(N3CCC(O)CC3)c(F)c2)C(=O)O1. The standard InChI is InChI=1S/C16H20F2N2O6S/c1-27(23,24)25-9-12-8-20(16(22)26-12)10-6-13(17)15(14(18)7-10)19-4-2-11(21)3-5-19/h6-7,11-12,21H,2-5,8-9H2,1H3. The average molecular weight is 406 g/mol. The van der Waals surface area contributed by atoms with Crippen LogP contribution in [0.4, 0.5) is 25.0 Å². The fourth-order valence-electron chi connectivity index (χ4n) is 3.12. The van der Waals surface area contributed by atoms with Crippen LogP contribution in [0.3, 0.4) is 0 Å². The number of cyclic esters (lactones) is 1. The summed E-state index contributed by atoms with van der Waals surface area (Å²) in [7, 11) is -3.70. The van der Waals surface area contributed by atoms with Gasteiger partial charge in [0.25, 0.3) is 10.1 Å². The molecule has 1 unspecified atom stereocenters. The van der Waals surface area contributed by atoms with Gasteiger partial charge >= 0.3 is 6.09 Å². The van der Waals surface area contributed by atoms with Crippen molar-refractivity contribution in [2.24, 2.45) is 0 Å². The molecule has 150 valence electrons. The fraction of sp³-hybridized carbons (Fsp3) is 0.562. The van der Waals surface area contributed by atoms with Crippen molar-refractivity contribution in [3.63, 3.8) is 0 Å². The number of piperidine rings is 1. The molecule has 0 aromatic heterocycles. The zero-order valence-electron chi connectivity index (χ0n) is 14.6. The number of hydrogen-bond acceptors (Lipinski definition) is 7. The first kappa shape index (κ1) is 19.8. The lowest BCUT2D eigenvalue weighted by Gasteiger charge is -2.32. The maximum absolute atomic E-state index is 14.5. The fourth-order valence-corrected chi connectivity index (χ4v) is 3.52. The monoisotopic (exact) mass is 406 g/mol. The largest absolute Gasteiger partial charge is 0.441 e. The summed E-state index contributed by atoms with van der Waals surface area (Å²) in [4.78, 5) is 14.5. The number of nitrogens with zero attached hydrogens (tertiary/aromatic N) is 2. The molecule has 2 aliphatic rings. The minimum atomic E-state index is -3.70. The van der Waals surface area contributed by atoms with Crippen LogP contribution in [0.15, 0.2) is 12.1 Å². The van der Waals surface area contributed by atoms with E-state index in [2.05, 4.69) is 4.18 Å². The van der Waals surface area contributed by atoms with Gasteiger partial charge in [-0.05, 0) is 12.8 Å². The van der Waals surface area contributed by atoms with Crippen molar-refractivity contribution >= 4 is 27.6 Å². The number of aliphatic hydroxyl groups is 1. The van der Waals surface area contributed by atoms with E-state index in [1.807, 2.05) is 0 Å². The minimum Gasteiger partial charge on any atom is -0.441 e. The number of amides is 1. The van der Waals surface area contributed by atoms with E-state index in [0.717, 1.165) is 23.3 Å². The Morgan fingerprint density at radius 1 is 1.26 bits per heavy atom. The van der Waals surface area contributed by atoms with Crippen LogP contribution >= 0.6 is 0 Å². The Morgan fingerprint density at radius 3 is 2.41 bits per heavy atom. The number of carbonyl (C=O) groups is 1. The summed E-state index contributed by atoms with van der Waals surface area (Å²) < 4.78 is 60.7. The molecule has 27 heavy (non-hydrogen) atoms. The molecule has 3 rings (SSSR count). The Morgan fingerprint density at radius 2 is 1.85 bits per heavy atom. The molecule has 1 amide bonds. The molecule has 0 aliphatic carbocycles. The first-order chi connectivity index (χ1) is 12.6. The van der Waals surface area contributed by atoms with Crippen LogP contribution in [0.2, 0.25) is 0 Å². The van der Waals surface area contributed by atoms with E-state index in [4.69, 9.17) is 4.74 Å². The molecule has 1 atom stereocenters. The summed E-state index contributed by atoms with van der Waals surface area (Å²) in [6.45, 7) is 0.179. The Labute approximate surface area is 155 Å². The molecule has 2 saturated heterocycles. The quantitative estimate of drug-likeness (QED) is 0.735. The second kappa shape index (κ2) is 7.56. The van der Waals surface area contributed by atoms with Crippen LogP contribution in [-0.2, 0) is 19.0 Å². The lowest BCUT2D eigenvalue weighted by Crippen LogP contribution is -2.37. The van der Waals surface area contributed by atoms with Gasteiger partial charge in [0, 0.05) is 25.2 Å². The van der Waals surface area contributed by atoms with Crippen LogP contribution in [0.5, 0.6) is 0 Å². The van der Waals surface area contributed by atoms with Crippen LogP contribution in [0.1, 0.15) is 12.8 Å². The van der Waals surface area contributed by atoms with Gasteiger partial charge in [-0.1, -0.05) is 0 Å². The number of aliphatic hydroxyl groups excluding tert-OH is 1. The van der Waals surface area contributed by atoms with Gasteiger partial charge in [-0.3, -0.25) is 9.08 Å². The van der Waals surface area contributed by atoms with Gasteiger partial charge in [0.1, 0.15) is 18.4 Å². The van der Waals surface area contributed by atoms with Gasteiger partial charge < -0.3 is 14.7 Å². The summed E-state index contributed by atoms with van der Waals surface area (Å²) in [6.07, 6.45) is -0.490. The first-order valence-electron chi connectivity index (χ1n) is 8.38. The molecule has 2 aliphatic heterocycles. The molecule has 1 aromatic carbocycles. The molecule has 1 aromatic rings. The molecule has 11 heteroatoms. The van der Waals surface area contributed by atoms with Gasteiger partial charge in [0.2, 0.25) is 0 Å². The van der Waals surface area contributed by atoms with Crippen molar-refractivity contribution in [3.8, 4) is 0 Å². The summed E-state index contributed by atoms with van der Waals surface area (Å²) in [5, 5.41) is 9.53. The molecular formula is C16H20F2N2O6S. The number of ether oxygens (including phenoxy) is 1. The van der Waals surface area contributed by atoms with Crippen molar-refractivity contribution in [2.75, 3.05) is 42.3 Å². The number of hydrogen-bond donors (Lipinski definition) is 1. The summed E-state index contributed by atoms with van der Waals surface area (Å²) in [5.74, 6) is -1.66. The third-order valence-corrected chi connectivity index (χ3v) is 5.00. The van der Waals surface area contributed by atoms with Crippen LogP contribution in [-0.4, -0.2) is 64.3 Å². The normalized spacial score (nSPS) is 21.6. The smallest absolute Gasteiger partial charge is 0.414 e. The van der Waals surface area contributed by atoms with E-state index in [1.165, 1.54) is 4.90 Å². The molecule has 2 heterocycles. The highest BCUT2D eigenvalue weighted by atomic mass is 32.2. The molecule has 0 radical (unpaired) electrons. The van der Waals surface area contributed by atoms with Crippen molar-refractivity contribution < 1.29 is 36.0 Å². The predicted molar refractivity (Wildman–Crippen MR) is 92.2 cm³/mol. The summed E-state index contributed by atoms with van der Waals surface area (Å²) >= 11 is 0. The molecule has 0 bridgehead atoms. The number of benzene rings is 1. The summed E-state index contributed by atoms with van der Waals surface area (Å²) in [5.41, 5.74) is -0.229. The number of rotatable bonds is 5. The second-order valence-corrected chi connectivity index (χ2v) is 8.23. The van der Waals surface area contributed by atoms with Crippen molar-refractivity contribution in [3.05, 3.63) is 23.8 Å². The highest BCUT2D eigenvalue weighted by molar-refractivity contribution is 7.85. The Hall–Kier alpha value is -1.98. The maximum atomic E-state index is 14.5. The Kier molecular flexibility index (Phi) is 5.54. The molecule has 0 saturated carbocycles. The van der Waals surface area contributed by atoms with Crippen molar-refractivity contribution in [2.45, 2.75) is 25.0 Å². The highest BCUT2D eigenvalue weighted by Crippen LogP contribution is 2.32. The van der Waals surface area contributed by atoms with Gasteiger partial charge in [-0.25, -0.2) is 13.6 Å². The lowest BCUT2D eigenvalue weighted by molar-refractivity contribution is 0.107.